The quantitative estimate of drug-likeness (QED) is 0.803. The Morgan fingerprint density at radius 1 is 1.28 bits per heavy atom. The van der Waals surface area contributed by atoms with E-state index in [9.17, 15) is 0 Å². The van der Waals surface area contributed by atoms with E-state index in [0.29, 0.717) is 6.04 Å². The first kappa shape index (κ1) is 14.1. The third kappa shape index (κ3) is 3.58. The van der Waals surface area contributed by atoms with E-state index in [1.165, 1.54) is 9.75 Å². The molecule has 0 amide bonds. The third-order valence-electron chi connectivity index (χ3n) is 2.80. The van der Waals surface area contributed by atoms with Crippen LogP contribution in [0.3, 0.4) is 0 Å². The Labute approximate surface area is 122 Å². The standard InChI is InChI=1S/C14H18ClNS2/c1-14(2,3)13(11-5-4-8-17-11)16-9-10-6-7-12(15)18-10/h4-8,13,16H,9H2,1-3H3. The van der Waals surface area contributed by atoms with Gasteiger partial charge in [0.2, 0.25) is 0 Å². The minimum absolute atomic E-state index is 0.200. The molecule has 1 unspecified atom stereocenters. The molecule has 2 aromatic heterocycles. The van der Waals surface area contributed by atoms with Gasteiger partial charge in [-0.25, -0.2) is 0 Å². The molecule has 0 aliphatic carbocycles. The highest BCUT2D eigenvalue weighted by molar-refractivity contribution is 7.16. The average molecular weight is 300 g/mol. The van der Waals surface area contributed by atoms with Gasteiger partial charge in [0, 0.05) is 22.3 Å². The van der Waals surface area contributed by atoms with Crippen LogP contribution in [-0.4, -0.2) is 0 Å². The fourth-order valence-corrected chi connectivity index (χ4v) is 4.02. The summed E-state index contributed by atoms with van der Waals surface area (Å²) in [5.74, 6) is 0. The lowest BCUT2D eigenvalue weighted by atomic mass is 9.86. The summed E-state index contributed by atoms with van der Waals surface area (Å²) in [6, 6.07) is 8.74. The van der Waals surface area contributed by atoms with Gasteiger partial charge in [-0.3, -0.25) is 0 Å². The van der Waals surface area contributed by atoms with E-state index < -0.39 is 0 Å². The van der Waals surface area contributed by atoms with E-state index in [4.69, 9.17) is 11.6 Å². The molecule has 2 aromatic rings. The lowest BCUT2D eigenvalue weighted by Crippen LogP contribution is -2.31. The second kappa shape index (κ2) is 5.74. The maximum atomic E-state index is 5.96. The monoisotopic (exact) mass is 299 g/mol. The first-order valence-corrected chi connectivity index (χ1v) is 8.05. The van der Waals surface area contributed by atoms with E-state index in [1.54, 1.807) is 11.3 Å². The number of hydrogen-bond donors (Lipinski definition) is 1. The minimum Gasteiger partial charge on any atom is -0.304 e. The van der Waals surface area contributed by atoms with Crippen molar-refractivity contribution in [2.75, 3.05) is 0 Å². The van der Waals surface area contributed by atoms with Crippen molar-refractivity contribution in [3.05, 3.63) is 43.7 Å². The molecule has 0 aromatic carbocycles. The van der Waals surface area contributed by atoms with E-state index in [1.807, 2.05) is 17.4 Å². The molecule has 0 radical (unpaired) electrons. The van der Waals surface area contributed by atoms with Crippen molar-refractivity contribution in [2.45, 2.75) is 33.4 Å². The van der Waals surface area contributed by atoms with Gasteiger partial charge in [-0.2, -0.15) is 0 Å². The van der Waals surface area contributed by atoms with Crippen LogP contribution < -0.4 is 5.32 Å². The molecular weight excluding hydrogens is 282 g/mol. The molecule has 0 aliphatic rings. The van der Waals surface area contributed by atoms with Crippen LogP contribution in [0.25, 0.3) is 0 Å². The van der Waals surface area contributed by atoms with Gasteiger partial charge < -0.3 is 5.32 Å². The molecular formula is C14H18ClNS2. The molecule has 2 rings (SSSR count). The lowest BCUT2D eigenvalue weighted by Gasteiger charge is -2.30. The number of halogens is 1. The highest BCUT2D eigenvalue weighted by Crippen LogP contribution is 2.35. The molecule has 4 heteroatoms. The molecule has 98 valence electrons. The molecule has 0 bridgehead atoms. The Morgan fingerprint density at radius 3 is 2.56 bits per heavy atom. The van der Waals surface area contributed by atoms with Crippen LogP contribution in [-0.2, 0) is 6.54 Å². The van der Waals surface area contributed by atoms with Gasteiger partial charge in [0.15, 0.2) is 0 Å². The summed E-state index contributed by atoms with van der Waals surface area (Å²) in [6.07, 6.45) is 0. The zero-order valence-electron chi connectivity index (χ0n) is 10.9. The summed E-state index contributed by atoms with van der Waals surface area (Å²) in [5, 5.41) is 5.79. The van der Waals surface area contributed by atoms with Gasteiger partial charge in [-0.1, -0.05) is 38.4 Å². The predicted octanol–water partition coefficient (Wildman–Crippen LogP) is 5.34. The zero-order chi connectivity index (χ0) is 13.2. The maximum absolute atomic E-state index is 5.96. The Balaban J connectivity index is 2.07. The molecule has 18 heavy (non-hydrogen) atoms. The summed E-state index contributed by atoms with van der Waals surface area (Å²) < 4.78 is 0.857. The average Bonchev–Trinajstić information content (AvgIpc) is 2.88. The van der Waals surface area contributed by atoms with Crippen molar-refractivity contribution in [1.82, 2.24) is 5.32 Å². The van der Waals surface area contributed by atoms with E-state index in [-0.39, 0.29) is 5.41 Å². The fraction of sp³-hybridized carbons (Fsp3) is 0.429. The molecule has 1 N–H and O–H groups in total. The van der Waals surface area contributed by atoms with Crippen molar-refractivity contribution < 1.29 is 0 Å². The van der Waals surface area contributed by atoms with Crippen LogP contribution in [0.1, 0.15) is 36.6 Å². The molecule has 0 aliphatic heterocycles. The summed E-state index contributed by atoms with van der Waals surface area (Å²) in [6.45, 7) is 7.68. The van der Waals surface area contributed by atoms with Crippen molar-refractivity contribution in [1.29, 1.82) is 0 Å². The van der Waals surface area contributed by atoms with E-state index in [0.717, 1.165) is 10.9 Å². The Hall–Kier alpha value is -0.350. The lowest BCUT2D eigenvalue weighted by molar-refractivity contribution is 0.275. The van der Waals surface area contributed by atoms with Gasteiger partial charge in [-0.15, -0.1) is 22.7 Å². The summed E-state index contributed by atoms with van der Waals surface area (Å²) in [7, 11) is 0. The van der Waals surface area contributed by atoms with Gasteiger partial charge in [0.25, 0.3) is 0 Å². The van der Waals surface area contributed by atoms with Crippen LogP contribution in [0, 0.1) is 5.41 Å². The second-order valence-electron chi connectivity index (χ2n) is 5.40. The van der Waals surface area contributed by atoms with Gasteiger partial charge in [0.1, 0.15) is 0 Å². The largest absolute Gasteiger partial charge is 0.304 e. The van der Waals surface area contributed by atoms with Crippen molar-refractivity contribution >= 4 is 34.3 Å². The third-order valence-corrected chi connectivity index (χ3v) is 4.97. The highest BCUT2D eigenvalue weighted by atomic mass is 35.5. The number of nitrogens with one attached hydrogen (secondary N) is 1. The van der Waals surface area contributed by atoms with Gasteiger partial charge >= 0.3 is 0 Å². The Bertz CT molecular complexity index is 482. The molecule has 1 atom stereocenters. The first-order chi connectivity index (χ1) is 8.47. The fourth-order valence-electron chi connectivity index (χ4n) is 1.94. The number of hydrogen-bond acceptors (Lipinski definition) is 3. The summed E-state index contributed by atoms with van der Waals surface area (Å²) in [4.78, 5) is 2.68. The Morgan fingerprint density at radius 2 is 2.06 bits per heavy atom. The van der Waals surface area contributed by atoms with Crippen LogP contribution in [0.2, 0.25) is 4.34 Å². The van der Waals surface area contributed by atoms with Gasteiger partial charge in [-0.05, 0) is 29.0 Å². The van der Waals surface area contributed by atoms with Crippen molar-refractivity contribution in [3.63, 3.8) is 0 Å². The molecule has 0 saturated carbocycles. The number of rotatable bonds is 4. The molecule has 0 fully saturated rings. The van der Waals surface area contributed by atoms with Crippen LogP contribution in [0.5, 0.6) is 0 Å². The first-order valence-electron chi connectivity index (χ1n) is 5.98. The van der Waals surface area contributed by atoms with Crippen LogP contribution in [0.15, 0.2) is 29.6 Å². The molecule has 0 saturated heterocycles. The van der Waals surface area contributed by atoms with E-state index in [2.05, 4.69) is 49.7 Å². The van der Waals surface area contributed by atoms with E-state index >= 15 is 0 Å². The zero-order valence-corrected chi connectivity index (χ0v) is 13.3. The SMILES string of the molecule is CC(C)(C)C(NCc1ccc(Cl)s1)c1cccs1. The van der Waals surface area contributed by atoms with Crippen LogP contribution in [0.4, 0.5) is 0 Å². The topological polar surface area (TPSA) is 12.0 Å². The Kier molecular flexibility index (Phi) is 4.49. The maximum Gasteiger partial charge on any atom is 0.0931 e. The predicted molar refractivity (Wildman–Crippen MR) is 82.7 cm³/mol. The van der Waals surface area contributed by atoms with Crippen LogP contribution >= 0.6 is 34.3 Å². The molecule has 2 heterocycles. The van der Waals surface area contributed by atoms with Crippen molar-refractivity contribution in [2.24, 2.45) is 5.41 Å². The highest BCUT2D eigenvalue weighted by Gasteiger charge is 2.26. The summed E-state index contributed by atoms with van der Waals surface area (Å²) in [5.41, 5.74) is 0.200. The molecule has 0 spiro atoms. The number of thiophene rings is 2. The molecule has 1 nitrogen and oxygen atoms in total. The van der Waals surface area contributed by atoms with Crippen molar-refractivity contribution in [3.8, 4) is 0 Å². The van der Waals surface area contributed by atoms with Gasteiger partial charge in [0.05, 0.1) is 4.34 Å². The normalized spacial score (nSPS) is 13.8. The summed E-state index contributed by atoms with van der Waals surface area (Å²) >= 11 is 9.41. The minimum atomic E-state index is 0.200. The smallest absolute Gasteiger partial charge is 0.0931 e. The second-order valence-corrected chi connectivity index (χ2v) is 8.18.